The number of aromatic hydroxyl groups is 1. The molecular weight excluding hydrogens is 208 g/mol. The van der Waals surface area contributed by atoms with Gasteiger partial charge in [0.2, 0.25) is 0 Å². The Morgan fingerprint density at radius 3 is 2.77 bits per heavy atom. The Labute approximate surface area is 86.5 Å². The lowest BCUT2D eigenvalue weighted by atomic mass is 10.2. The van der Waals surface area contributed by atoms with Crippen molar-refractivity contribution >= 4 is 34.6 Å². The molecule has 0 amide bonds. The van der Waals surface area contributed by atoms with E-state index in [2.05, 4.69) is 17.5 Å². The Kier molecular flexibility index (Phi) is 2.95. The lowest BCUT2D eigenvalue weighted by Crippen LogP contribution is -2.18. The number of nitrogens with one attached hydrogen (secondary N) is 1. The minimum atomic E-state index is 0.0784. The lowest BCUT2D eigenvalue weighted by molar-refractivity contribution is 0.477. The van der Waals surface area contributed by atoms with Crippen molar-refractivity contribution in [2.24, 2.45) is 5.73 Å². The zero-order chi connectivity index (χ0) is 10.0. The number of thiocarbonyl (C=S) groups is 1. The quantitative estimate of drug-likeness (QED) is 0.497. The van der Waals surface area contributed by atoms with Crippen molar-refractivity contribution in [1.82, 2.24) is 0 Å². The average molecular weight is 217 g/mol. The van der Waals surface area contributed by atoms with E-state index in [1.165, 1.54) is 0 Å². The number of phenolic OH excluding ortho intramolecular Hbond substituents is 1. The molecule has 0 atom stereocenters. The largest absolute Gasteiger partial charge is 0.506 e. The molecule has 3 nitrogen and oxygen atoms in total. The van der Waals surface area contributed by atoms with Gasteiger partial charge in [-0.25, -0.2) is 0 Å². The summed E-state index contributed by atoms with van der Waals surface area (Å²) in [5.41, 5.74) is 6.47. The maximum Gasteiger partial charge on any atom is 0.168 e. The monoisotopic (exact) mass is 216 g/mol. The third-order valence-electron chi connectivity index (χ3n) is 1.53. The van der Waals surface area contributed by atoms with E-state index in [1.807, 2.05) is 0 Å². The second-order valence-corrected chi connectivity index (χ2v) is 3.45. The molecule has 0 radical (unpaired) electrons. The fourth-order valence-corrected chi connectivity index (χ4v) is 1.17. The molecular formula is C8H9ClN2OS. The number of anilines is 1. The number of benzene rings is 1. The molecule has 0 unspecified atom stereocenters. The van der Waals surface area contributed by atoms with E-state index in [1.54, 1.807) is 19.1 Å². The summed E-state index contributed by atoms with van der Waals surface area (Å²) >= 11 is 10.5. The van der Waals surface area contributed by atoms with Crippen molar-refractivity contribution in [3.05, 3.63) is 22.7 Å². The van der Waals surface area contributed by atoms with Crippen LogP contribution in [0.15, 0.2) is 12.1 Å². The highest BCUT2D eigenvalue weighted by molar-refractivity contribution is 7.80. The molecule has 0 aromatic heterocycles. The minimum Gasteiger partial charge on any atom is -0.506 e. The molecule has 1 aromatic carbocycles. The molecule has 0 heterocycles. The van der Waals surface area contributed by atoms with Gasteiger partial charge in [0.05, 0.1) is 5.69 Å². The molecule has 0 saturated heterocycles. The highest BCUT2D eigenvalue weighted by Gasteiger charge is 2.04. The third kappa shape index (κ3) is 2.47. The third-order valence-corrected chi connectivity index (χ3v) is 2.04. The molecule has 70 valence electrons. The van der Waals surface area contributed by atoms with Gasteiger partial charge in [-0.15, -0.1) is 0 Å². The summed E-state index contributed by atoms with van der Waals surface area (Å²) in [5, 5.41) is 12.7. The van der Waals surface area contributed by atoms with Crippen LogP contribution in [0.5, 0.6) is 5.75 Å². The van der Waals surface area contributed by atoms with Crippen LogP contribution in [-0.4, -0.2) is 10.2 Å². The maximum atomic E-state index is 9.43. The van der Waals surface area contributed by atoms with E-state index in [0.717, 1.165) is 5.56 Å². The molecule has 1 rings (SSSR count). The SMILES string of the molecule is Cc1cc(O)c(NC(N)=S)cc1Cl. The first kappa shape index (κ1) is 10.1. The van der Waals surface area contributed by atoms with Crippen molar-refractivity contribution in [1.29, 1.82) is 0 Å². The van der Waals surface area contributed by atoms with Crippen LogP contribution in [0, 0.1) is 6.92 Å². The molecule has 0 aliphatic heterocycles. The number of halogens is 1. The van der Waals surface area contributed by atoms with E-state index in [0.29, 0.717) is 10.7 Å². The van der Waals surface area contributed by atoms with Crippen molar-refractivity contribution in [3.8, 4) is 5.75 Å². The normalized spacial score (nSPS) is 9.69. The smallest absolute Gasteiger partial charge is 0.168 e. The zero-order valence-corrected chi connectivity index (χ0v) is 8.54. The first-order chi connectivity index (χ1) is 6.00. The summed E-state index contributed by atoms with van der Waals surface area (Å²) in [6.07, 6.45) is 0. The lowest BCUT2D eigenvalue weighted by Gasteiger charge is -2.08. The van der Waals surface area contributed by atoms with Gasteiger partial charge in [0.1, 0.15) is 5.75 Å². The molecule has 1 aromatic rings. The molecule has 0 aliphatic rings. The summed E-state index contributed by atoms with van der Waals surface area (Å²) in [6.45, 7) is 1.80. The first-order valence-corrected chi connectivity index (χ1v) is 4.35. The standard InChI is InChI=1S/C8H9ClN2OS/c1-4-2-7(12)6(3-5(4)9)11-8(10)13/h2-3,12H,1H3,(H3,10,11,13). The Morgan fingerprint density at radius 1 is 1.62 bits per heavy atom. The van der Waals surface area contributed by atoms with Gasteiger partial charge < -0.3 is 16.2 Å². The molecule has 0 spiro atoms. The van der Waals surface area contributed by atoms with Gasteiger partial charge in [-0.1, -0.05) is 11.6 Å². The van der Waals surface area contributed by atoms with E-state index >= 15 is 0 Å². The van der Waals surface area contributed by atoms with Crippen LogP contribution in [0.25, 0.3) is 0 Å². The number of hydrogen-bond acceptors (Lipinski definition) is 2. The van der Waals surface area contributed by atoms with Crippen molar-refractivity contribution < 1.29 is 5.11 Å². The van der Waals surface area contributed by atoms with Gasteiger partial charge >= 0.3 is 0 Å². The summed E-state index contributed by atoms with van der Waals surface area (Å²) in [4.78, 5) is 0. The van der Waals surface area contributed by atoms with E-state index in [9.17, 15) is 5.11 Å². The van der Waals surface area contributed by atoms with Gasteiger partial charge in [0, 0.05) is 5.02 Å². The minimum absolute atomic E-state index is 0.0784. The number of aryl methyl sites for hydroxylation is 1. The van der Waals surface area contributed by atoms with E-state index in [4.69, 9.17) is 17.3 Å². The summed E-state index contributed by atoms with van der Waals surface area (Å²) in [5.74, 6) is 0.0784. The zero-order valence-electron chi connectivity index (χ0n) is 6.97. The van der Waals surface area contributed by atoms with Gasteiger partial charge in [-0.2, -0.15) is 0 Å². The van der Waals surface area contributed by atoms with Crippen LogP contribution in [-0.2, 0) is 0 Å². The van der Waals surface area contributed by atoms with Crippen molar-refractivity contribution in [3.63, 3.8) is 0 Å². The van der Waals surface area contributed by atoms with Crippen LogP contribution in [0.2, 0.25) is 5.02 Å². The maximum absolute atomic E-state index is 9.43. The second kappa shape index (κ2) is 3.81. The van der Waals surface area contributed by atoms with Gasteiger partial charge in [-0.3, -0.25) is 0 Å². The average Bonchev–Trinajstić information content (AvgIpc) is 1.99. The highest BCUT2D eigenvalue weighted by atomic mass is 35.5. The fourth-order valence-electron chi connectivity index (χ4n) is 0.899. The molecule has 0 saturated carbocycles. The Bertz CT molecular complexity index is 354. The number of rotatable bonds is 1. The van der Waals surface area contributed by atoms with Crippen LogP contribution in [0.4, 0.5) is 5.69 Å². The van der Waals surface area contributed by atoms with Crippen LogP contribution < -0.4 is 11.1 Å². The van der Waals surface area contributed by atoms with Gasteiger partial charge in [0.15, 0.2) is 5.11 Å². The van der Waals surface area contributed by atoms with Crippen molar-refractivity contribution in [2.75, 3.05) is 5.32 Å². The Balaban J connectivity index is 3.08. The molecule has 0 aliphatic carbocycles. The highest BCUT2D eigenvalue weighted by Crippen LogP contribution is 2.29. The Hall–Kier alpha value is -1.00. The first-order valence-electron chi connectivity index (χ1n) is 3.56. The summed E-state index contributed by atoms with van der Waals surface area (Å²) in [7, 11) is 0. The van der Waals surface area contributed by atoms with Crippen LogP contribution in [0.3, 0.4) is 0 Å². The summed E-state index contributed by atoms with van der Waals surface area (Å²) < 4.78 is 0. The van der Waals surface area contributed by atoms with Gasteiger partial charge in [-0.05, 0) is 36.8 Å². The fraction of sp³-hybridized carbons (Fsp3) is 0.125. The topological polar surface area (TPSA) is 58.3 Å². The predicted octanol–water partition coefficient (Wildman–Crippen LogP) is 2.01. The molecule has 0 bridgehead atoms. The van der Waals surface area contributed by atoms with Gasteiger partial charge in [0.25, 0.3) is 0 Å². The number of nitrogens with two attached hydrogens (primary N) is 1. The van der Waals surface area contributed by atoms with Crippen LogP contribution >= 0.6 is 23.8 Å². The molecule has 0 fully saturated rings. The molecule has 13 heavy (non-hydrogen) atoms. The van der Waals surface area contributed by atoms with Crippen molar-refractivity contribution in [2.45, 2.75) is 6.92 Å². The summed E-state index contributed by atoms with van der Waals surface area (Å²) in [6, 6.07) is 3.12. The number of phenols is 1. The Morgan fingerprint density at radius 2 is 2.23 bits per heavy atom. The van der Waals surface area contributed by atoms with Crippen LogP contribution in [0.1, 0.15) is 5.56 Å². The second-order valence-electron chi connectivity index (χ2n) is 2.61. The molecule has 5 heteroatoms. The molecule has 4 N–H and O–H groups in total. The predicted molar refractivity (Wildman–Crippen MR) is 58.3 cm³/mol. The number of hydrogen-bond donors (Lipinski definition) is 3. The van der Waals surface area contributed by atoms with E-state index < -0.39 is 0 Å². The van der Waals surface area contributed by atoms with E-state index in [-0.39, 0.29) is 10.9 Å².